The summed E-state index contributed by atoms with van der Waals surface area (Å²) in [7, 11) is 2.93. The van der Waals surface area contributed by atoms with Gasteiger partial charge >= 0.3 is 0 Å². The summed E-state index contributed by atoms with van der Waals surface area (Å²) in [4.78, 5) is 12.4. The summed E-state index contributed by atoms with van der Waals surface area (Å²) >= 11 is 0. The van der Waals surface area contributed by atoms with Crippen LogP contribution in [0.2, 0.25) is 0 Å². The Morgan fingerprint density at radius 1 is 1.05 bits per heavy atom. The van der Waals surface area contributed by atoms with E-state index in [0.29, 0.717) is 11.5 Å². The summed E-state index contributed by atoms with van der Waals surface area (Å²) in [5.41, 5.74) is 5.90. The number of benzene rings is 2. The van der Waals surface area contributed by atoms with Crippen LogP contribution in [0.15, 0.2) is 36.4 Å². The largest absolute Gasteiger partial charge is 0.497 e. The Morgan fingerprint density at radius 2 is 1.80 bits per heavy atom. The molecule has 0 saturated carbocycles. The fourth-order valence-corrected chi connectivity index (χ4v) is 1.85. The van der Waals surface area contributed by atoms with Crippen molar-refractivity contribution in [3.63, 3.8) is 0 Å². The lowest BCUT2D eigenvalue weighted by molar-refractivity contribution is 0.103. The van der Waals surface area contributed by atoms with Crippen LogP contribution in [0.5, 0.6) is 11.5 Å². The van der Waals surface area contributed by atoms with Crippen LogP contribution in [0.4, 0.5) is 10.1 Å². The van der Waals surface area contributed by atoms with Gasteiger partial charge in [-0.1, -0.05) is 0 Å². The molecule has 2 rings (SSSR count). The second-order valence-corrected chi connectivity index (χ2v) is 4.13. The number of hydrogen-bond acceptors (Lipinski definition) is 4. The molecule has 0 heterocycles. The average Bonchev–Trinajstić information content (AvgIpc) is 2.46. The number of nitrogens with two attached hydrogens (primary N) is 1. The van der Waals surface area contributed by atoms with E-state index in [1.165, 1.54) is 32.4 Å². The van der Waals surface area contributed by atoms with Crippen LogP contribution in [0, 0.1) is 5.82 Å². The van der Waals surface area contributed by atoms with Crippen LogP contribution in [0.3, 0.4) is 0 Å². The molecule has 2 aromatic rings. The van der Waals surface area contributed by atoms with E-state index in [-0.39, 0.29) is 16.8 Å². The van der Waals surface area contributed by atoms with E-state index in [4.69, 9.17) is 15.2 Å². The molecule has 0 spiro atoms. The Kier molecular flexibility index (Phi) is 3.89. The first-order valence-electron chi connectivity index (χ1n) is 5.88. The van der Waals surface area contributed by atoms with Crippen molar-refractivity contribution in [3.05, 3.63) is 53.3 Å². The average molecular weight is 275 g/mol. The summed E-state index contributed by atoms with van der Waals surface area (Å²) in [6, 6.07) is 8.71. The van der Waals surface area contributed by atoms with Crippen LogP contribution in [0.1, 0.15) is 15.9 Å². The van der Waals surface area contributed by atoms with Crippen molar-refractivity contribution in [3.8, 4) is 11.5 Å². The van der Waals surface area contributed by atoms with Crippen LogP contribution in [-0.2, 0) is 0 Å². The van der Waals surface area contributed by atoms with E-state index in [2.05, 4.69) is 0 Å². The van der Waals surface area contributed by atoms with Crippen LogP contribution in [0.25, 0.3) is 0 Å². The highest BCUT2D eigenvalue weighted by atomic mass is 19.1. The third-order valence-corrected chi connectivity index (χ3v) is 2.89. The number of carbonyl (C=O) groups is 1. The van der Waals surface area contributed by atoms with E-state index in [1.54, 1.807) is 12.1 Å². The second-order valence-electron chi connectivity index (χ2n) is 4.13. The number of carbonyl (C=O) groups excluding carboxylic acids is 1. The van der Waals surface area contributed by atoms with Gasteiger partial charge < -0.3 is 15.2 Å². The summed E-state index contributed by atoms with van der Waals surface area (Å²) in [5, 5.41) is 0. The predicted molar refractivity (Wildman–Crippen MR) is 73.8 cm³/mol. The van der Waals surface area contributed by atoms with Crippen molar-refractivity contribution < 1.29 is 18.7 Å². The molecular formula is C15H14FNO3. The first-order valence-corrected chi connectivity index (χ1v) is 5.88. The molecule has 0 aliphatic rings. The number of nitrogen functional groups attached to an aromatic ring is 1. The van der Waals surface area contributed by atoms with Gasteiger partial charge in [0.05, 0.1) is 25.3 Å². The lowest BCUT2D eigenvalue weighted by Gasteiger charge is -2.10. The standard InChI is InChI=1S/C15H14FNO3/c1-19-10-4-6-14(20-2)12(8-10)15(18)11-5-3-9(17)7-13(11)16/h3-8H,17H2,1-2H3. The molecule has 0 saturated heterocycles. The number of hydrogen-bond donors (Lipinski definition) is 1. The fraction of sp³-hybridized carbons (Fsp3) is 0.133. The van der Waals surface area contributed by atoms with Crippen molar-refractivity contribution in [2.75, 3.05) is 20.0 Å². The number of ether oxygens (including phenoxy) is 2. The minimum Gasteiger partial charge on any atom is -0.497 e. The molecule has 2 aromatic carbocycles. The molecule has 20 heavy (non-hydrogen) atoms. The van der Waals surface area contributed by atoms with Crippen molar-refractivity contribution in [2.24, 2.45) is 0 Å². The second kappa shape index (κ2) is 5.61. The molecule has 0 unspecified atom stereocenters. The maximum absolute atomic E-state index is 13.8. The third-order valence-electron chi connectivity index (χ3n) is 2.89. The van der Waals surface area contributed by atoms with Crippen LogP contribution < -0.4 is 15.2 Å². The highest BCUT2D eigenvalue weighted by molar-refractivity contribution is 6.11. The summed E-state index contributed by atoms with van der Waals surface area (Å²) < 4.78 is 24.0. The molecular weight excluding hydrogens is 261 g/mol. The molecule has 0 amide bonds. The molecule has 0 bridgehead atoms. The molecule has 0 atom stereocenters. The van der Waals surface area contributed by atoms with Gasteiger partial charge in [-0.25, -0.2) is 4.39 Å². The van der Waals surface area contributed by atoms with Gasteiger partial charge in [-0.3, -0.25) is 4.79 Å². The number of methoxy groups -OCH3 is 2. The molecule has 0 radical (unpaired) electrons. The van der Waals surface area contributed by atoms with E-state index in [0.717, 1.165) is 6.07 Å². The maximum atomic E-state index is 13.8. The highest BCUT2D eigenvalue weighted by Crippen LogP contribution is 2.27. The molecule has 2 N–H and O–H groups in total. The Bertz CT molecular complexity index is 656. The first kappa shape index (κ1) is 13.9. The summed E-state index contributed by atoms with van der Waals surface area (Å²) in [6.45, 7) is 0. The Balaban J connectivity index is 2.51. The zero-order chi connectivity index (χ0) is 14.7. The minimum absolute atomic E-state index is 0.0641. The Hall–Kier alpha value is -2.56. The van der Waals surface area contributed by atoms with Gasteiger partial charge in [0.15, 0.2) is 5.78 Å². The van der Waals surface area contributed by atoms with Crippen molar-refractivity contribution in [2.45, 2.75) is 0 Å². The monoisotopic (exact) mass is 275 g/mol. The molecule has 0 aromatic heterocycles. The van der Waals surface area contributed by atoms with Gasteiger partial charge in [-0.2, -0.15) is 0 Å². The predicted octanol–water partition coefficient (Wildman–Crippen LogP) is 2.66. The van der Waals surface area contributed by atoms with Gasteiger partial charge in [0.2, 0.25) is 0 Å². The molecule has 0 aliphatic heterocycles. The Morgan fingerprint density at radius 3 is 2.40 bits per heavy atom. The topological polar surface area (TPSA) is 61.5 Å². The number of anilines is 1. The molecule has 104 valence electrons. The Labute approximate surface area is 115 Å². The van der Waals surface area contributed by atoms with Crippen molar-refractivity contribution in [1.82, 2.24) is 0 Å². The summed E-state index contributed by atoms with van der Waals surface area (Å²) in [5.74, 6) is -0.310. The number of rotatable bonds is 4. The van der Waals surface area contributed by atoms with E-state index < -0.39 is 11.6 Å². The van der Waals surface area contributed by atoms with E-state index in [1.807, 2.05) is 0 Å². The van der Waals surface area contributed by atoms with Crippen molar-refractivity contribution >= 4 is 11.5 Å². The molecule has 4 nitrogen and oxygen atoms in total. The maximum Gasteiger partial charge on any atom is 0.199 e. The fourth-order valence-electron chi connectivity index (χ4n) is 1.85. The smallest absolute Gasteiger partial charge is 0.199 e. The first-order chi connectivity index (χ1) is 9.56. The normalized spacial score (nSPS) is 10.2. The molecule has 0 aliphatic carbocycles. The van der Waals surface area contributed by atoms with E-state index >= 15 is 0 Å². The van der Waals surface area contributed by atoms with Gasteiger partial charge in [0.25, 0.3) is 0 Å². The molecule has 5 heteroatoms. The van der Waals surface area contributed by atoms with E-state index in [9.17, 15) is 9.18 Å². The van der Waals surface area contributed by atoms with Crippen molar-refractivity contribution in [1.29, 1.82) is 0 Å². The van der Waals surface area contributed by atoms with Crippen LogP contribution >= 0.6 is 0 Å². The van der Waals surface area contributed by atoms with Gasteiger partial charge in [0.1, 0.15) is 17.3 Å². The third kappa shape index (κ3) is 2.56. The molecule has 0 fully saturated rings. The summed E-state index contributed by atoms with van der Waals surface area (Å²) in [6.07, 6.45) is 0. The zero-order valence-electron chi connectivity index (χ0n) is 11.1. The van der Waals surface area contributed by atoms with Gasteiger partial charge in [-0.15, -0.1) is 0 Å². The number of halogens is 1. The highest BCUT2D eigenvalue weighted by Gasteiger charge is 2.19. The van der Waals surface area contributed by atoms with Gasteiger partial charge in [-0.05, 0) is 36.4 Å². The lowest BCUT2D eigenvalue weighted by Crippen LogP contribution is -2.07. The van der Waals surface area contributed by atoms with Gasteiger partial charge in [0, 0.05) is 5.69 Å². The minimum atomic E-state index is -0.667. The SMILES string of the molecule is COc1ccc(OC)c(C(=O)c2ccc(N)cc2F)c1. The lowest BCUT2D eigenvalue weighted by atomic mass is 10.0. The number of ketones is 1. The van der Waals surface area contributed by atoms with Crippen LogP contribution in [-0.4, -0.2) is 20.0 Å². The zero-order valence-corrected chi connectivity index (χ0v) is 11.1. The quantitative estimate of drug-likeness (QED) is 0.688.